The molecule has 1 unspecified atom stereocenters. The number of aliphatic imine (C=N–C) groups is 1. The molecule has 0 aliphatic rings. The first-order valence-electron chi connectivity index (χ1n) is 4.92. The first-order chi connectivity index (χ1) is 7.45. The van der Waals surface area contributed by atoms with Crippen LogP contribution in [-0.2, 0) is 14.4 Å². The molecule has 16 heavy (non-hydrogen) atoms. The average Bonchev–Trinajstić information content (AvgIpc) is 2.22. The highest BCUT2D eigenvalue weighted by Gasteiger charge is 2.06. The van der Waals surface area contributed by atoms with E-state index in [2.05, 4.69) is 15.7 Å². The van der Waals surface area contributed by atoms with Crippen LogP contribution in [-0.4, -0.2) is 48.4 Å². The Morgan fingerprint density at radius 3 is 2.75 bits per heavy atom. The summed E-state index contributed by atoms with van der Waals surface area (Å²) in [6, 6.07) is 0. The van der Waals surface area contributed by atoms with E-state index in [1.165, 1.54) is 6.34 Å². The third-order valence-corrected chi connectivity index (χ3v) is 1.55. The minimum atomic E-state index is -1.38. The molecule has 0 aromatic rings. The van der Waals surface area contributed by atoms with Gasteiger partial charge in [-0.2, -0.15) is 0 Å². The summed E-state index contributed by atoms with van der Waals surface area (Å²) in [6.07, 6.45) is 0.0875. The molecule has 0 aromatic heterocycles. The van der Waals surface area contributed by atoms with Crippen molar-refractivity contribution in [2.75, 3.05) is 13.6 Å². The lowest BCUT2D eigenvalue weighted by Gasteiger charge is -2.14. The van der Waals surface area contributed by atoms with Gasteiger partial charge < -0.3 is 14.7 Å². The fourth-order valence-corrected chi connectivity index (χ4v) is 0.853. The predicted molar refractivity (Wildman–Crippen MR) is 58.2 cm³/mol. The fourth-order valence-electron chi connectivity index (χ4n) is 0.853. The highest BCUT2D eigenvalue weighted by molar-refractivity contribution is 5.70. The molecule has 0 radical (unpaired) electrons. The Morgan fingerprint density at radius 1 is 1.62 bits per heavy atom. The van der Waals surface area contributed by atoms with Gasteiger partial charge in [0, 0.05) is 13.6 Å². The van der Waals surface area contributed by atoms with Crippen LogP contribution in [0.1, 0.15) is 20.3 Å². The van der Waals surface area contributed by atoms with E-state index >= 15 is 0 Å². The number of nitrogens with zero attached hydrogens (tertiary/aromatic N) is 2. The van der Waals surface area contributed by atoms with E-state index in [1.807, 2.05) is 0 Å². The zero-order chi connectivity index (χ0) is 12.6. The maximum absolute atomic E-state index is 11.2. The van der Waals surface area contributed by atoms with Crippen molar-refractivity contribution in [3.63, 3.8) is 0 Å². The van der Waals surface area contributed by atoms with E-state index in [9.17, 15) is 4.79 Å². The van der Waals surface area contributed by atoms with E-state index < -0.39 is 6.41 Å². The lowest BCUT2D eigenvalue weighted by molar-refractivity contribution is -0.147. The monoisotopic (exact) mass is 233 g/mol. The Balaban J connectivity index is 3.76. The Kier molecular flexibility index (Phi) is 7.44. The first-order valence-corrected chi connectivity index (χ1v) is 4.92. The number of aliphatic hydroxyl groups excluding tert-OH is 1. The van der Waals surface area contributed by atoms with Crippen LogP contribution >= 0.6 is 0 Å². The quantitative estimate of drug-likeness (QED) is 0.201. The van der Waals surface area contributed by atoms with Crippen LogP contribution in [0.3, 0.4) is 0 Å². The van der Waals surface area contributed by atoms with Crippen molar-refractivity contribution in [2.45, 2.75) is 32.8 Å². The Bertz CT molecular complexity index is 233. The molecule has 0 aliphatic carbocycles. The van der Waals surface area contributed by atoms with Crippen LogP contribution in [0.25, 0.3) is 0 Å². The number of hydrogen-bond donors (Lipinski definition) is 2. The molecule has 0 aromatic carbocycles. The average molecular weight is 233 g/mol. The lowest BCUT2D eigenvalue weighted by atomic mass is 10.4. The minimum absolute atomic E-state index is 0.112. The second-order valence-corrected chi connectivity index (χ2v) is 3.50. The van der Waals surface area contributed by atoms with Crippen LogP contribution in [0, 0.1) is 0 Å². The normalized spacial score (nSPS) is 13.1. The van der Waals surface area contributed by atoms with Crippen molar-refractivity contribution in [3.8, 4) is 0 Å². The molecule has 0 heterocycles. The Hall–Kier alpha value is -1.18. The topological polar surface area (TPSA) is 97.4 Å². The van der Waals surface area contributed by atoms with Crippen LogP contribution in [0.2, 0.25) is 0 Å². The van der Waals surface area contributed by atoms with E-state index in [0.717, 1.165) is 0 Å². The lowest BCUT2D eigenvalue weighted by Crippen LogP contribution is -2.24. The van der Waals surface area contributed by atoms with Gasteiger partial charge in [0.15, 0.2) is 0 Å². The standard InChI is InChI=1S/C9H19N3O4/c1-7(2)15-8(13)4-5-12(3)6-11-9(14)16-10/h6-7,9,14H,4-5,10H2,1-3H3. The smallest absolute Gasteiger partial charge is 0.307 e. The SMILES string of the molecule is CC(C)OC(=O)CCN(C)C=NC(O)ON. The number of rotatable bonds is 7. The molecule has 0 aliphatic heterocycles. The van der Waals surface area contributed by atoms with Gasteiger partial charge in [-0.3, -0.25) is 9.63 Å². The van der Waals surface area contributed by atoms with Gasteiger partial charge in [0.2, 0.25) is 0 Å². The molecule has 0 spiro atoms. The number of nitrogens with two attached hydrogens (primary N) is 1. The molecule has 0 saturated heterocycles. The number of ether oxygens (including phenoxy) is 1. The number of aliphatic hydroxyl groups is 1. The molecule has 0 amide bonds. The van der Waals surface area contributed by atoms with Crippen LogP contribution < -0.4 is 5.90 Å². The van der Waals surface area contributed by atoms with Crippen LogP contribution in [0.15, 0.2) is 4.99 Å². The highest BCUT2D eigenvalue weighted by atomic mass is 16.7. The van der Waals surface area contributed by atoms with E-state index in [0.29, 0.717) is 6.54 Å². The predicted octanol–water partition coefficient (Wildman–Crippen LogP) is -0.546. The van der Waals surface area contributed by atoms with Gasteiger partial charge in [0.25, 0.3) is 6.41 Å². The molecule has 0 rings (SSSR count). The van der Waals surface area contributed by atoms with Gasteiger partial charge in [-0.1, -0.05) is 0 Å². The molecular formula is C9H19N3O4. The molecular weight excluding hydrogens is 214 g/mol. The maximum Gasteiger partial charge on any atom is 0.307 e. The second-order valence-electron chi connectivity index (χ2n) is 3.50. The fraction of sp³-hybridized carbons (Fsp3) is 0.778. The molecule has 1 atom stereocenters. The van der Waals surface area contributed by atoms with Crippen LogP contribution in [0.5, 0.6) is 0 Å². The summed E-state index contributed by atoms with van der Waals surface area (Å²) in [6.45, 7) is 4.02. The van der Waals surface area contributed by atoms with Gasteiger partial charge in [-0.25, -0.2) is 10.9 Å². The molecule has 0 fully saturated rings. The summed E-state index contributed by atoms with van der Waals surface area (Å²) in [4.78, 5) is 20.3. The van der Waals surface area contributed by atoms with E-state index in [4.69, 9.17) is 9.84 Å². The molecule has 0 bridgehead atoms. The van der Waals surface area contributed by atoms with Gasteiger partial charge >= 0.3 is 5.97 Å². The summed E-state index contributed by atoms with van der Waals surface area (Å²) < 4.78 is 4.94. The third-order valence-electron chi connectivity index (χ3n) is 1.55. The summed E-state index contributed by atoms with van der Waals surface area (Å²) in [5, 5.41) is 8.84. The van der Waals surface area contributed by atoms with Crippen molar-refractivity contribution in [1.82, 2.24) is 4.90 Å². The summed E-state index contributed by atoms with van der Waals surface area (Å²) in [7, 11) is 1.70. The zero-order valence-corrected chi connectivity index (χ0v) is 9.79. The Morgan fingerprint density at radius 2 is 2.25 bits per heavy atom. The molecule has 94 valence electrons. The Labute approximate surface area is 94.8 Å². The molecule has 7 nitrogen and oxygen atoms in total. The summed E-state index contributed by atoms with van der Waals surface area (Å²) in [5.41, 5.74) is 0. The number of carbonyl (C=O) groups is 1. The first kappa shape index (κ1) is 14.8. The van der Waals surface area contributed by atoms with Crippen molar-refractivity contribution in [1.29, 1.82) is 0 Å². The third kappa shape index (κ3) is 8.16. The number of carbonyl (C=O) groups excluding carboxylic acids is 1. The molecule has 3 N–H and O–H groups in total. The second kappa shape index (κ2) is 8.03. The number of esters is 1. The van der Waals surface area contributed by atoms with Gasteiger partial charge in [0.1, 0.15) is 0 Å². The summed E-state index contributed by atoms with van der Waals surface area (Å²) >= 11 is 0. The van der Waals surface area contributed by atoms with Crippen molar-refractivity contribution >= 4 is 12.3 Å². The zero-order valence-electron chi connectivity index (χ0n) is 9.79. The van der Waals surface area contributed by atoms with E-state index in [1.54, 1.807) is 25.8 Å². The minimum Gasteiger partial charge on any atom is -0.463 e. The van der Waals surface area contributed by atoms with Crippen molar-refractivity contribution in [3.05, 3.63) is 0 Å². The highest BCUT2D eigenvalue weighted by Crippen LogP contribution is 1.94. The van der Waals surface area contributed by atoms with Crippen LogP contribution in [0.4, 0.5) is 0 Å². The van der Waals surface area contributed by atoms with Gasteiger partial charge in [-0.15, -0.1) is 0 Å². The molecule has 0 saturated carbocycles. The van der Waals surface area contributed by atoms with Crippen molar-refractivity contribution < 1.29 is 19.5 Å². The van der Waals surface area contributed by atoms with Gasteiger partial charge in [0.05, 0.1) is 18.9 Å². The van der Waals surface area contributed by atoms with Crippen molar-refractivity contribution in [2.24, 2.45) is 10.9 Å². The number of hydrogen-bond acceptors (Lipinski definition) is 6. The summed E-state index contributed by atoms with van der Waals surface area (Å²) in [5.74, 6) is 4.41. The van der Waals surface area contributed by atoms with E-state index in [-0.39, 0.29) is 18.5 Å². The largest absolute Gasteiger partial charge is 0.463 e. The maximum atomic E-state index is 11.2. The molecule has 7 heteroatoms. The van der Waals surface area contributed by atoms with Gasteiger partial charge in [-0.05, 0) is 13.8 Å².